The molecular weight excluding hydrogens is 417 g/mol. The lowest BCUT2D eigenvalue weighted by molar-refractivity contribution is 0.111. The first-order valence-electron chi connectivity index (χ1n) is 8.23. The molecule has 0 fully saturated rings. The maximum atomic E-state index is 10.7. The van der Waals surface area contributed by atoms with Gasteiger partial charge in [0.25, 0.3) is 0 Å². The van der Waals surface area contributed by atoms with Crippen molar-refractivity contribution in [2.45, 2.75) is 36.5 Å². The van der Waals surface area contributed by atoms with E-state index in [0.717, 1.165) is 23.3 Å². The van der Waals surface area contributed by atoms with E-state index in [1.54, 1.807) is 23.5 Å². The van der Waals surface area contributed by atoms with Crippen molar-refractivity contribution in [3.63, 3.8) is 0 Å². The van der Waals surface area contributed by atoms with Crippen molar-refractivity contribution >= 4 is 52.7 Å². The van der Waals surface area contributed by atoms with Gasteiger partial charge in [-0.15, -0.1) is 0 Å². The summed E-state index contributed by atoms with van der Waals surface area (Å²) in [5, 5.41) is 2.97. The molecule has 2 rings (SSSR count). The van der Waals surface area contributed by atoms with Crippen molar-refractivity contribution in [3.8, 4) is 0 Å². The average molecular weight is 439 g/mol. The molecule has 0 N–H and O–H groups in total. The molecule has 0 bridgehead atoms. The van der Waals surface area contributed by atoms with E-state index in [2.05, 4.69) is 46.1 Å². The summed E-state index contributed by atoms with van der Waals surface area (Å²) >= 11 is 3.12. The highest BCUT2D eigenvalue weighted by atomic mass is 32.2. The lowest BCUT2D eigenvalue weighted by Crippen LogP contribution is -2.48. The summed E-state index contributed by atoms with van der Waals surface area (Å²) in [6.45, 7) is 8.76. The van der Waals surface area contributed by atoms with Gasteiger partial charge in [-0.3, -0.25) is 9.59 Å². The first kappa shape index (κ1) is 21.9. The van der Waals surface area contributed by atoms with Gasteiger partial charge in [0.2, 0.25) is 0 Å². The number of hydrogen-bond acceptors (Lipinski definition) is 9. The van der Waals surface area contributed by atoms with E-state index in [9.17, 15) is 9.59 Å². The molecule has 0 saturated carbocycles. The summed E-state index contributed by atoms with van der Waals surface area (Å²) < 4.78 is 6.57. The second-order valence-electron chi connectivity index (χ2n) is 7.03. The Balaban J connectivity index is 1.86. The Morgan fingerprint density at radius 3 is 1.41 bits per heavy atom. The van der Waals surface area contributed by atoms with Crippen LogP contribution in [0.2, 0.25) is 26.2 Å². The third kappa shape index (κ3) is 7.62. The van der Waals surface area contributed by atoms with Crippen molar-refractivity contribution in [1.82, 2.24) is 19.9 Å². The molecule has 0 amide bonds. The van der Waals surface area contributed by atoms with Crippen LogP contribution in [0.5, 0.6) is 0 Å². The Bertz CT molecular complexity index is 709. The maximum Gasteiger partial charge on any atom is 0.187 e. The summed E-state index contributed by atoms with van der Waals surface area (Å²) in [6, 6.07) is 0. The molecule has 2 aromatic rings. The highest BCUT2D eigenvalue weighted by Gasteiger charge is 2.33. The number of rotatable bonds is 10. The fourth-order valence-electron chi connectivity index (χ4n) is 2.21. The van der Waals surface area contributed by atoms with E-state index in [1.165, 1.54) is 24.8 Å². The number of aldehydes is 2. The minimum Gasteiger partial charge on any atom is -0.454 e. The van der Waals surface area contributed by atoms with Gasteiger partial charge in [0.15, 0.2) is 39.5 Å². The largest absolute Gasteiger partial charge is 0.454 e. The molecule has 0 spiro atoms. The predicted octanol–water partition coefficient (Wildman–Crippen LogP) is 3.28. The van der Waals surface area contributed by atoms with Gasteiger partial charge in [-0.05, 0) is 26.2 Å². The molecule has 27 heavy (non-hydrogen) atoms. The van der Waals surface area contributed by atoms with Crippen LogP contribution in [0.1, 0.15) is 20.7 Å². The molecular formula is C16H22N4O3S2Si2. The number of nitrogens with zero attached hydrogens (tertiary/aromatic N) is 4. The van der Waals surface area contributed by atoms with Crippen LogP contribution < -0.4 is 0 Å². The predicted molar refractivity (Wildman–Crippen MR) is 112 cm³/mol. The zero-order valence-corrected chi connectivity index (χ0v) is 19.3. The van der Waals surface area contributed by atoms with Gasteiger partial charge in [0.05, 0.1) is 11.1 Å². The Morgan fingerprint density at radius 2 is 1.11 bits per heavy atom. The molecule has 2 aromatic heterocycles. The van der Waals surface area contributed by atoms with Crippen LogP contribution in [0.25, 0.3) is 0 Å². The summed E-state index contributed by atoms with van der Waals surface area (Å²) in [6.07, 6.45) is 7.59. The zero-order chi connectivity index (χ0) is 19.9. The molecule has 0 aliphatic carbocycles. The quantitative estimate of drug-likeness (QED) is 0.240. The number of carbonyl (C=O) groups is 2. The standard InChI is InChI=1S/C16H22N4O3S2Si2/c1-26(2,11-24-15-17-5-13(9-21)6-18-15)23-27(3,4)12-25-16-19-7-14(10-22)8-20-16/h5-10H,11-12H2,1-4H3. The van der Waals surface area contributed by atoms with E-state index >= 15 is 0 Å². The normalized spacial score (nSPS) is 12.0. The van der Waals surface area contributed by atoms with Crippen LogP contribution in [0, 0.1) is 0 Å². The van der Waals surface area contributed by atoms with E-state index in [-0.39, 0.29) is 0 Å². The molecule has 11 heteroatoms. The Hall–Kier alpha value is -1.41. The molecule has 0 aliphatic heterocycles. The smallest absolute Gasteiger partial charge is 0.187 e. The molecule has 0 unspecified atom stereocenters. The Labute approximate surface area is 169 Å². The SMILES string of the molecule is C[Si](C)(CSc1ncc(C=O)cn1)O[Si](C)(C)CSc1ncc(C=O)cn1. The van der Waals surface area contributed by atoms with Crippen molar-refractivity contribution in [2.75, 3.05) is 10.8 Å². The minimum atomic E-state index is -1.92. The van der Waals surface area contributed by atoms with Crippen LogP contribution in [-0.4, -0.2) is 59.9 Å². The van der Waals surface area contributed by atoms with Crippen molar-refractivity contribution in [1.29, 1.82) is 0 Å². The molecule has 0 radical (unpaired) electrons. The van der Waals surface area contributed by atoms with Crippen LogP contribution in [0.15, 0.2) is 35.1 Å². The van der Waals surface area contributed by atoms with Gasteiger partial charge in [-0.1, -0.05) is 23.5 Å². The topological polar surface area (TPSA) is 94.9 Å². The van der Waals surface area contributed by atoms with E-state index < -0.39 is 16.6 Å². The van der Waals surface area contributed by atoms with Gasteiger partial charge in [0.1, 0.15) is 0 Å². The van der Waals surface area contributed by atoms with Gasteiger partial charge in [0, 0.05) is 35.5 Å². The first-order valence-corrected chi connectivity index (χ1v) is 16.4. The van der Waals surface area contributed by atoms with Crippen molar-refractivity contribution in [3.05, 3.63) is 35.9 Å². The molecule has 0 saturated heterocycles. The number of carbonyl (C=O) groups excluding carboxylic acids is 2. The fourth-order valence-corrected chi connectivity index (χ4v) is 14.0. The lowest BCUT2D eigenvalue weighted by atomic mass is 10.4. The average Bonchev–Trinajstić information content (AvgIpc) is 2.65. The van der Waals surface area contributed by atoms with E-state index in [4.69, 9.17) is 4.12 Å². The first-order chi connectivity index (χ1) is 12.7. The van der Waals surface area contributed by atoms with Crippen molar-refractivity contribution in [2.24, 2.45) is 0 Å². The second kappa shape index (κ2) is 9.69. The lowest BCUT2D eigenvalue weighted by Gasteiger charge is -2.33. The highest BCUT2D eigenvalue weighted by molar-refractivity contribution is 8.01. The molecule has 2 heterocycles. The molecule has 0 aromatic carbocycles. The van der Waals surface area contributed by atoms with Gasteiger partial charge < -0.3 is 4.12 Å². The maximum absolute atomic E-state index is 10.7. The molecule has 0 atom stereocenters. The van der Waals surface area contributed by atoms with Gasteiger partial charge in [-0.2, -0.15) is 0 Å². The van der Waals surface area contributed by atoms with Crippen LogP contribution in [0.4, 0.5) is 0 Å². The summed E-state index contributed by atoms with van der Waals surface area (Å²) in [5.41, 5.74) is 0.946. The van der Waals surface area contributed by atoms with E-state index in [1.807, 2.05) is 0 Å². The third-order valence-electron chi connectivity index (χ3n) is 3.22. The van der Waals surface area contributed by atoms with E-state index in [0.29, 0.717) is 21.4 Å². The number of hydrogen-bond donors (Lipinski definition) is 0. The summed E-state index contributed by atoms with van der Waals surface area (Å²) in [5.74, 6) is 0. The van der Waals surface area contributed by atoms with Crippen LogP contribution in [-0.2, 0) is 4.12 Å². The number of aromatic nitrogens is 4. The highest BCUT2D eigenvalue weighted by Crippen LogP contribution is 2.25. The minimum absolute atomic E-state index is 0.473. The summed E-state index contributed by atoms with van der Waals surface area (Å²) in [4.78, 5) is 38.1. The molecule has 144 valence electrons. The van der Waals surface area contributed by atoms with Gasteiger partial charge in [-0.25, -0.2) is 19.9 Å². The Morgan fingerprint density at radius 1 is 0.778 bits per heavy atom. The zero-order valence-electron chi connectivity index (χ0n) is 15.7. The summed E-state index contributed by atoms with van der Waals surface area (Å²) in [7, 11) is -3.84. The van der Waals surface area contributed by atoms with Crippen LogP contribution in [0.3, 0.4) is 0 Å². The molecule has 7 nitrogen and oxygen atoms in total. The van der Waals surface area contributed by atoms with Crippen molar-refractivity contribution < 1.29 is 13.7 Å². The monoisotopic (exact) mass is 438 g/mol. The second-order valence-corrected chi connectivity index (χ2v) is 18.5. The Kier molecular flexibility index (Phi) is 7.85. The fraction of sp³-hybridized carbons (Fsp3) is 0.375. The van der Waals surface area contributed by atoms with Gasteiger partial charge >= 0.3 is 0 Å². The van der Waals surface area contributed by atoms with Crippen LogP contribution >= 0.6 is 23.5 Å². The molecule has 0 aliphatic rings. The third-order valence-corrected chi connectivity index (χ3v) is 15.3. The number of thioether (sulfide) groups is 2.